The summed E-state index contributed by atoms with van der Waals surface area (Å²) in [4.78, 5) is 11.2. The van der Waals surface area contributed by atoms with Gasteiger partial charge in [-0.15, -0.1) is 0 Å². The molecule has 0 aromatic rings. The molecule has 0 spiro atoms. The Bertz CT molecular complexity index is 243. The van der Waals surface area contributed by atoms with Crippen LogP contribution in [0.4, 0.5) is 0 Å². The minimum Gasteiger partial charge on any atom is -0.469 e. The van der Waals surface area contributed by atoms with Gasteiger partial charge in [-0.25, -0.2) is 0 Å². The fourth-order valence-corrected chi connectivity index (χ4v) is 1.66. The number of allylic oxidation sites excluding steroid dienone is 1. The Labute approximate surface area is 78.4 Å². The third kappa shape index (κ3) is 2.10. The number of hydrogen-bond donors (Lipinski definition) is 1. The molecule has 0 fully saturated rings. The maximum atomic E-state index is 11.2. The Kier molecular flexibility index (Phi) is 3.09. The lowest BCUT2D eigenvalue weighted by Gasteiger charge is -2.27. The van der Waals surface area contributed by atoms with Crippen molar-refractivity contribution < 1.29 is 14.6 Å². The second-order valence-corrected chi connectivity index (χ2v) is 3.67. The fourth-order valence-electron chi connectivity index (χ4n) is 1.66. The number of aliphatic hydroxyl groups excluding tert-OH is 1. The van der Waals surface area contributed by atoms with E-state index in [0.717, 1.165) is 0 Å². The zero-order valence-corrected chi connectivity index (χ0v) is 8.33. The van der Waals surface area contributed by atoms with Gasteiger partial charge in [-0.05, 0) is 26.7 Å². The average molecular weight is 184 g/mol. The van der Waals surface area contributed by atoms with Crippen molar-refractivity contribution in [2.24, 2.45) is 5.92 Å². The van der Waals surface area contributed by atoms with Gasteiger partial charge in [-0.2, -0.15) is 0 Å². The highest BCUT2D eigenvalue weighted by Crippen LogP contribution is 2.29. The molecule has 3 heteroatoms. The lowest BCUT2D eigenvalue weighted by molar-refractivity contribution is -0.149. The van der Waals surface area contributed by atoms with E-state index in [4.69, 9.17) is 0 Å². The molecule has 0 aliphatic heterocycles. The van der Waals surface area contributed by atoms with Crippen LogP contribution in [0.3, 0.4) is 0 Å². The van der Waals surface area contributed by atoms with E-state index in [2.05, 4.69) is 4.74 Å². The summed E-state index contributed by atoms with van der Waals surface area (Å²) in [6.07, 6.45) is 0.641. The zero-order valence-electron chi connectivity index (χ0n) is 8.33. The van der Waals surface area contributed by atoms with E-state index >= 15 is 0 Å². The van der Waals surface area contributed by atoms with Crippen LogP contribution in [0.25, 0.3) is 0 Å². The Morgan fingerprint density at radius 3 is 2.46 bits per heavy atom. The van der Waals surface area contributed by atoms with E-state index in [9.17, 15) is 9.90 Å². The minimum atomic E-state index is -0.573. The van der Waals surface area contributed by atoms with Gasteiger partial charge in [0, 0.05) is 0 Å². The Morgan fingerprint density at radius 1 is 1.38 bits per heavy atom. The molecule has 1 N–H and O–H groups in total. The first-order valence-corrected chi connectivity index (χ1v) is 4.47. The molecule has 74 valence electrons. The zero-order chi connectivity index (χ0) is 10.0. The van der Waals surface area contributed by atoms with Crippen molar-refractivity contribution in [3.63, 3.8) is 0 Å². The minimum absolute atomic E-state index is 0.306. The largest absolute Gasteiger partial charge is 0.469 e. The predicted molar refractivity (Wildman–Crippen MR) is 49.1 cm³/mol. The number of carbonyl (C=O) groups is 1. The molecule has 0 saturated carbocycles. The van der Waals surface area contributed by atoms with Crippen LogP contribution in [0, 0.1) is 5.92 Å². The van der Waals surface area contributed by atoms with Gasteiger partial charge < -0.3 is 9.84 Å². The summed E-state index contributed by atoms with van der Waals surface area (Å²) in [5.74, 6) is -0.673. The summed E-state index contributed by atoms with van der Waals surface area (Å²) in [5.41, 5.74) is 2.38. The van der Waals surface area contributed by atoms with E-state index in [-0.39, 0.29) is 11.9 Å². The van der Waals surface area contributed by atoms with Gasteiger partial charge >= 0.3 is 5.97 Å². The molecule has 0 saturated heterocycles. The molecule has 13 heavy (non-hydrogen) atoms. The molecule has 0 amide bonds. The number of aliphatic hydroxyl groups is 1. The van der Waals surface area contributed by atoms with Gasteiger partial charge in [0.1, 0.15) is 0 Å². The highest BCUT2D eigenvalue weighted by Gasteiger charge is 2.31. The second-order valence-electron chi connectivity index (χ2n) is 3.67. The molecule has 1 aliphatic carbocycles. The number of methoxy groups -OCH3 is 1. The van der Waals surface area contributed by atoms with Gasteiger partial charge in [0.15, 0.2) is 0 Å². The average Bonchev–Trinajstić information content (AvgIpc) is 2.10. The Balaban J connectivity index is 2.75. The summed E-state index contributed by atoms with van der Waals surface area (Å²) < 4.78 is 4.62. The van der Waals surface area contributed by atoms with Crippen LogP contribution in [-0.4, -0.2) is 24.3 Å². The van der Waals surface area contributed by atoms with Crippen molar-refractivity contribution in [3.05, 3.63) is 11.1 Å². The summed E-state index contributed by atoms with van der Waals surface area (Å²) in [6, 6.07) is 0. The van der Waals surface area contributed by atoms with E-state index in [1.165, 1.54) is 18.3 Å². The van der Waals surface area contributed by atoms with E-state index in [1.807, 2.05) is 13.8 Å². The van der Waals surface area contributed by atoms with Crippen LogP contribution in [-0.2, 0) is 9.53 Å². The van der Waals surface area contributed by atoms with Crippen molar-refractivity contribution in [1.29, 1.82) is 0 Å². The second kappa shape index (κ2) is 3.92. The predicted octanol–water partition coefficient (Wildman–Crippen LogP) is 1.27. The number of ether oxygens (including phenoxy) is 1. The molecule has 1 aliphatic rings. The van der Waals surface area contributed by atoms with Crippen molar-refractivity contribution in [1.82, 2.24) is 0 Å². The van der Waals surface area contributed by atoms with Crippen LogP contribution in [0.15, 0.2) is 11.1 Å². The highest BCUT2D eigenvalue weighted by molar-refractivity contribution is 5.73. The lowest BCUT2D eigenvalue weighted by Crippen LogP contribution is -2.32. The molecule has 0 aromatic heterocycles. The van der Waals surface area contributed by atoms with Gasteiger partial charge in [-0.3, -0.25) is 4.79 Å². The SMILES string of the molecule is COC(=O)[C@@H]1CC(C)=C(C)C[C@H]1O. The fraction of sp³-hybridized carbons (Fsp3) is 0.700. The smallest absolute Gasteiger partial charge is 0.311 e. The van der Waals surface area contributed by atoms with Crippen molar-refractivity contribution in [3.8, 4) is 0 Å². The van der Waals surface area contributed by atoms with E-state index in [0.29, 0.717) is 12.8 Å². The lowest BCUT2D eigenvalue weighted by atomic mass is 9.83. The maximum absolute atomic E-state index is 11.2. The summed E-state index contributed by atoms with van der Waals surface area (Å²) in [7, 11) is 1.36. The molecule has 1 rings (SSSR count). The molecular formula is C10H16O3. The van der Waals surface area contributed by atoms with Crippen LogP contribution in [0.1, 0.15) is 26.7 Å². The molecule has 0 bridgehead atoms. The first kappa shape index (κ1) is 10.3. The van der Waals surface area contributed by atoms with Gasteiger partial charge in [0.25, 0.3) is 0 Å². The Hall–Kier alpha value is -0.830. The molecule has 0 heterocycles. The normalized spacial score (nSPS) is 28.9. The summed E-state index contributed by atoms with van der Waals surface area (Å²) >= 11 is 0. The van der Waals surface area contributed by atoms with Crippen molar-refractivity contribution in [2.75, 3.05) is 7.11 Å². The van der Waals surface area contributed by atoms with Crippen molar-refractivity contribution in [2.45, 2.75) is 32.8 Å². The highest BCUT2D eigenvalue weighted by atomic mass is 16.5. The number of carbonyl (C=O) groups excluding carboxylic acids is 1. The quantitative estimate of drug-likeness (QED) is 0.493. The number of esters is 1. The van der Waals surface area contributed by atoms with Gasteiger partial charge in [0.05, 0.1) is 19.1 Å². The first-order valence-electron chi connectivity index (χ1n) is 4.47. The molecule has 0 unspecified atom stereocenters. The van der Waals surface area contributed by atoms with Crippen LogP contribution in [0.5, 0.6) is 0 Å². The number of hydrogen-bond acceptors (Lipinski definition) is 3. The molecular weight excluding hydrogens is 168 g/mol. The topological polar surface area (TPSA) is 46.5 Å². The monoisotopic (exact) mass is 184 g/mol. The third-order valence-corrected chi connectivity index (χ3v) is 2.74. The van der Waals surface area contributed by atoms with E-state index < -0.39 is 6.10 Å². The molecule has 2 atom stereocenters. The van der Waals surface area contributed by atoms with Crippen molar-refractivity contribution >= 4 is 5.97 Å². The summed E-state index contributed by atoms with van der Waals surface area (Å²) in [6.45, 7) is 3.99. The van der Waals surface area contributed by atoms with Crippen LogP contribution in [0.2, 0.25) is 0 Å². The first-order chi connectivity index (χ1) is 6.06. The standard InChI is InChI=1S/C10H16O3/c1-6-4-8(10(12)13-3)9(11)5-7(6)2/h8-9,11H,4-5H2,1-3H3/t8-,9-/m1/s1. The molecule has 0 aromatic carbocycles. The Morgan fingerprint density at radius 2 is 1.92 bits per heavy atom. The van der Waals surface area contributed by atoms with Gasteiger partial charge in [0.2, 0.25) is 0 Å². The summed E-state index contributed by atoms with van der Waals surface area (Å²) in [5, 5.41) is 9.62. The maximum Gasteiger partial charge on any atom is 0.311 e. The third-order valence-electron chi connectivity index (χ3n) is 2.74. The number of rotatable bonds is 1. The molecule has 3 nitrogen and oxygen atoms in total. The molecule has 0 radical (unpaired) electrons. The van der Waals surface area contributed by atoms with Crippen LogP contribution >= 0.6 is 0 Å². The van der Waals surface area contributed by atoms with Crippen LogP contribution < -0.4 is 0 Å². The van der Waals surface area contributed by atoms with Gasteiger partial charge in [-0.1, -0.05) is 11.1 Å². The van der Waals surface area contributed by atoms with E-state index in [1.54, 1.807) is 0 Å².